The first kappa shape index (κ1) is 27.9. The van der Waals surface area contributed by atoms with E-state index in [9.17, 15) is 14.0 Å². The van der Waals surface area contributed by atoms with Crippen molar-refractivity contribution in [2.45, 2.75) is 60.8 Å². The molecule has 0 aliphatic heterocycles. The standard InChI is InChI=1S/C10H15F.C10H9N3O3.C4H10/c1-5-10(6-2)7-8(3)9(4)11;1-6(14)7-5-8(10(15)16-2)13-9(12-7)3-4-11-13;1-3-4-2/h5,7H,1,6H2,2-4H3;3-5H,1-2H3;3-4H2,1-2H3/b9-8+,10-7+;;. The summed E-state index contributed by atoms with van der Waals surface area (Å²) < 4.78 is 18.5. The highest BCUT2D eigenvalue weighted by atomic mass is 19.1. The minimum Gasteiger partial charge on any atom is -0.464 e. The number of Topliss-reactive ketones (excluding diaryl/α,β-unsaturated/α-hetero) is 1. The molecule has 2 rings (SSSR count). The second kappa shape index (κ2) is 14.8. The Morgan fingerprint density at radius 3 is 2.23 bits per heavy atom. The van der Waals surface area contributed by atoms with E-state index >= 15 is 0 Å². The molecule has 0 fully saturated rings. The van der Waals surface area contributed by atoms with E-state index in [4.69, 9.17) is 0 Å². The van der Waals surface area contributed by atoms with Gasteiger partial charge in [-0.05, 0) is 31.4 Å². The molecular formula is C24H34FN3O3. The summed E-state index contributed by atoms with van der Waals surface area (Å²) in [5.41, 5.74) is 2.59. The Hall–Kier alpha value is -3.09. The number of aromatic nitrogens is 3. The summed E-state index contributed by atoms with van der Waals surface area (Å²) in [4.78, 5) is 26.8. The molecule has 0 saturated carbocycles. The molecule has 0 radical (unpaired) electrons. The third kappa shape index (κ3) is 9.51. The van der Waals surface area contributed by atoms with Crippen molar-refractivity contribution in [1.29, 1.82) is 0 Å². The van der Waals surface area contributed by atoms with E-state index in [0.29, 0.717) is 11.2 Å². The van der Waals surface area contributed by atoms with Crippen molar-refractivity contribution in [2.75, 3.05) is 7.11 Å². The van der Waals surface area contributed by atoms with Gasteiger partial charge in [-0.1, -0.05) is 52.3 Å². The van der Waals surface area contributed by atoms with Crippen LogP contribution < -0.4 is 0 Å². The fourth-order valence-corrected chi connectivity index (χ4v) is 2.03. The molecule has 0 saturated heterocycles. The molecule has 0 unspecified atom stereocenters. The lowest BCUT2D eigenvalue weighted by Crippen LogP contribution is -2.12. The maximum atomic E-state index is 12.5. The Balaban J connectivity index is 0.000000523. The third-order valence-electron chi connectivity index (χ3n) is 4.23. The van der Waals surface area contributed by atoms with Crippen molar-refractivity contribution >= 4 is 17.4 Å². The Morgan fingerprint density at radius 2 is 1.81 bits per heavy atom. The zero-order valence-electron chi connectivity index (χ0n) is 19.7. The predicted molar refractivity (Wildman–Crippen MR) is 123 cm³/mol. The molecule has 2 aromatic rings. The number of hydrogen-bond acceptors (Lipinski definition) is 5. The average Bonchev–Trinajstić information content (AvgIpc) is 3.25. The van der Waals surface area contributed by atoms with Crippen LogP contribution in [0.25, 0.3) is 5.65 Å². The van der Waals surface area contributed by atoms with E-state index in [-0.39, 0.29) is 23.0 Å². The van der Waals surface area contributed by atoms with Crippen LogP contribution in [0.5, 0.6) is 0 Å². The van der Waals surface area contributed by atoms with Gasteiger partial charge in [-0.15, -0.1) is 0 Å². The minimum atomic E-state index is -0.557. The van der Waals surface area contributed by atoms with Gasteiger partial charge in [0.25, 0.3) is 0 Å². The number of carbonyl (C=O) groups is 2. The van der Waals surface area contributed by atoms with Crippen LogP contribution in [0, 0.1) is 0 Å². The van der Waals surface area contributed by atoms with Gasteiger partial charge in [0.05, 0.1) is 19.1 Å². The van der Waals surface area contributed by atoms with E-state index in [1.54, 1.807) is 19.1 Å². The maximum absolute atomic E-state index is 12.5. The van der Waals surface area contributed by atoms with Crippen molar-refractivity contribution in [3.63, 3.8) is 0 Å². The van der Waals surface area contributed by atoms with Crippen LogP contribution in [0.2, 0.25) is 0 Å². The zero-order chi connectivity index (χ0) is 24.0. The number of unbranched alkanes of at least 4 members (excludes halogenated alkanes) is 1. The van der Waals surface area contributed by atoms with Crippen molar-refractivity contribution in [2.24, 2.45) is 0 Å². The molecule has 31 heavy (non-hydrogen) atoms. The van der Waals surface area contributed by atoms with Crippen LogP contribution in [0.1, 0.15) is 81.8 Å². The molecule has 0 aromatic carbocycles. The summed E-state index contributed by atoms with van der Waals surface area (Å²) in [6.45, 7) is 14.6. The molecule has 0 aliphatic carbocycles. The van der Waals surface area contributed by atoms with Crippen molar-refractivity contribution in [3.8, 4) is 0 Å². The quantitative estimate of drug-likeness (QED) is 0.305. The van der Waals surface area contributed by atoms with Gasteiger partial charge in [0.15, 0.2) is 17.1 Å². The van der Waals surface area contributed by atoms with Crippen LogP contribution in [-0.4, -0.2) is 33.5 Å². The number of allylic oxidation sites excluding steroid dienone is 5. The predicted octanol–water partition coefficient (Wildman–Crippen LogP) is 6.30. The molecule has 2 heterocycles. The number of hydrogen-bond donors (Lipinski definition) is 0. The van der Waals surface area contributed by atoms with Gasteiger partial charge in [0.1, 0.15) is 5.69 Å². The highest BCUT2D eigenvalue weighted by molar-refractivity contribution is 5.96. The number of ether oxygens (including phenoxy) is 1. The van der Waals surface area contributed by atoms with Crippen molar-refractivity contribution < 1.29 is 18.7 Å². The monoisotopic (exact) mass is 431 g/mol. The Kier molecular flexibility index (Phi) is 13.3. The number of fused-ring (bicyclic) bond motifs is 1. The molecule has 170 valence electrons. The fraction of sp³-hybridized carbons (Fsp3) is 0.417. The van der Waals surface area contributed by atoms with Gasteiger partial charge < -0.3 is 4.74 Å². The largest absolute Gasteiger partial charge is 0.464 e. The van der Waals surface area contributed by atoms with Gasteiger partial charge >= 0.3 is 5.97 Å². The van der Waals surface area contributed by atoms with Crippen molar-refractivity contribution in [1.82, 2.24) is 14.6 Å². The SMILES string of the molecule is C=C/C(=C\C(C)=C(/C)F)CC.CCCC.COC(=O)c1cc(C(C)=O)nc2ccnn12. The van der Waals surface area contributed by atoms with Gasteiger partial charge in [0, 0.05) is 19.1 Å². The molecule has 0 amide bonds. The van der Waals surface area contributed by atoms with Gasteiger partial charge in [-0.3, -0.25) is 4.79 Å². The lowest BCUT2D eigenvalue weighted by molar-refractivity contribution is 0.0590. The third-order valence-corrected chi connectivity index (χ3v) is 4.23. The highest BCUT2D eigenvalue weighted by Gasteiger charge is 2.15. The molecule has 0 aliphatic rings. The van der Waals surface area contributed by atoms with E-state index in [2.05, 4.69) is 35.2 Å². The number of rotatable bonds is 6. The first-order valence-electron chi connectivity index (χ1n) is 10.3. The first-order chi connectivity index (χ1) is 14.7. The second-order valence-electron chi connectivity index (χ2n) is 6.67. The van der Waals surface area contributed by atoms with Gasteiger partial charge in [-0.2, -0.15) is 5.10 Å². The van der Waals surface area contributed by atoms with E-state index in [1.807, 2.05) is 13.0 Å². The molecule has 0 spiro atoms. The molecule has 0 atom stereocenters. The number of ketones is 1. The molecule has 2 aromatic heterocycles. The number of methoxy groups -OCH3 is 1. The number of nitrogens with zero attached hydrogens (tertiary/aromatic N) is 3. The lowest BCUT2D eigenvalue weighted by atomic mass is 10.1. The smallest absolute Gasteiger partial charge is 0.356 e. The zero-order valence-corrected chi connectivity index (χ0v) is 19.7. The van der Waals surface area contributed by atoms with E-state index < -0.39 is 5.97 Å². The van der Waals surface area contributed by atoms with Crippen LogP contribution in [0.3, 0.4) is 0 Å². The minimum absolute atomic E-state index is 0.127. The van der Waals surface area contributed by atoms with Gasteiger partial charge in [-0.25, -0.2) is 18.7 Å². The number of esters is 1. The molecule has 0 bridgehead atoms. The Bertz CT molecular complexity index is 937. The van der Waals surface area contributed by atoms with Crippen LogP contribution in [-0.2, 0) is 4.74 Å². The summed E-state index contributed by atoms with van der Waals surface area (Å²) in [5, 5.41) is 3.93. The second-order valence-corrected chi connectivity index (χ2v) is 6.67. The highest BCUT2D eigenvalue weighted by Crippen LogP contribution is 2.11. The molecular weight excluding hydrogens is 397 g/mol. The molecule has 7 heteroatoms. The Labute approximate surface area is 184 Å². The summed E-state index contributed by atoms with van der Waals surface area (Å²) in [6, 6.07) is 2.98. The summed E-state index contributed by atoms with van der Waals surface area (Å²) in [5.74, 6) is -0.898. The van der Waals surface area contributed by atoms with E-state index in [1.165, 1.54) is 50.6 Å². The topological polar surface area (TPSA) is 73.6 Å². The maximum Gasteiger partial charge on any atom is 0.356 e. The van der Waals surface area contributed by atoms with Crippen LogP contribution >= 0.6 is 0 Å². The lowest BCUT2D eigenvalue weighted by Gasteiger charge is -2.04. The summed E-state index contributed by atoms with van der Waals surface area (Å²) in [6.07, 6.45) is 8.61. The first-order valence-corrected chi connectivity index (χ1v) is 10.3. The van der Waals surface area contributed by atoms with Crippen molar-refractivity contribution in [3.05, 3.63) is 65.4 Å². The normalized spacial score (nSPS) is 11.4. The number of halogens is 1. The average molecular weight is 432 g/mol. The Morgan fingerprint density at radius 1 is 1.19 bits per heavy atom. The van der Waals surface area contributed by atoms with Crippen LogP contribution in [0.15, 0.2) is 54.0 Å². The van der Waals surface area contributed by atoms with Crippen LogP contribution in [0.4, 0.5) is 4.39 Å². The van der Waals surface area contributed by atoms with Gasteiger partial charge in [0.2, 0.25) is 0 Å². The summed E-state index contributed by atoms with van der Waals surface area (Å²) in [7, 11) is 1.27. The molecule has 6 nitrogen and oxygen atoms in total. The fourth-order valence-electron chi connectivity index (χ4n) is 2.03. The summed E-state index contributed by atoms with van der Waals surface area (Å²) >= 11 is 0. The number of carbonyl (C=O) groups excluding carboxylic acids is 2. The van der Waals surface area contributed by atoms with E-state index in [0.717, 1.165) is 12.0 Å². The molecule has 0 N–H and O–H groups in total.